The van der Waals surface area contributed by atoms with Gasteiger partial charge in [0.2, 0.25) is 0 Å². The number of aromatic nitrogens is 1. The topological polar surface area (TPSA) is 86.9 Å². The van der Waals surface area contributed by atoms with Gasteiger partial charge in [-0.1, -0.05) is 22.9 Å². The van der Waals surface area contributed by atoms with Crippen LogP contribution in [0.2, 0.25) is 0 Å². The Morgan fingerprint density at radius 2 is 1.82 bits per heavy atom. The number of carbonyl (C=O) groups excluding carboxylic acids is 1. The zero-order valence-corrected chi connectivity index (χ0v) is 19.8. The number of benzene rings is 1. The van der Waals surface area contributed by atoms with Gasteiger partial charge in [0.25, 0.3) is 5.91 Å². The minimum Gasteiger partial charge on any atom is -0.475 e. The average molecular weight is 482 g/mol. The number of rotatable bonds is 3. The van der Waals surface area contributed by atoms with Crippen LogP contribution in [0.4, 0.5) is 13.2 Å². The molecule has 1 N–H and O–H groups in total. The number of hydrogen-bond donors (Lipinski definition) is 1. The maximum absolute atomic E-state index is 13.2. The van der Waals surface area contributed by atoms with E-state index in [4.69, 9.17) is 14.4 Å². The van der Waals surface area contributed by atoms with E-state index in [-0.39, 0.29) is 11.4 Å². The first-order valence-electron chi connectivity index (χ1n) is 11.2. The standard InChI is InChI=1S/C22H29N3O2.C2HF3O2/c1-15-6-7-19(16(2)12-15)21(26)24-10-5-8-22(14-24)9-11-25(22)13-20-17(3)23-27-18(20)4;3-2(4,5)1(6)7/h6-7,12H,5,8-11,13-14H2,1-4H3;(H,6,7). The van der Waals surface area contributed by atoms with E-state index in [2.05, 4.69) is 27.9 Å². The molecular weight excluding hydrogens is 451 g/mol. The second-order valence-corrected chi connectivity index (χ2v) is 9.15. The summed E-state index contributed by atoms with van der Waals surface area (Å²) in [6, 6.07) is 6.11. The number of piperidine rings is 1. The summed E-state index contributed by atoms with van der Waals surface area (Å²) in [6.07, 6.45) is -1.70. The Labute approximate surface area is 196 Å². The molecule has 34 heavy (non-hydrogen) atoms. The summed E-state index contributed by atoms with van der Waals surface area (Å²) in [4.78, 5) is 26.7. The van der Waals surface area contributed by atoms with Gasteiger partial charge in [0.15, 0.2) is 0 Å². The lowest BCUT2D eigenvalue weighted by atomic mass is 9.77. The molecule has 1 unspecified atom stereocenters. The number of carboxylic acids is 1. The molecule has 0 saturated carbocycles. The fraction of sp³-hybridized carbons (Fsp3) is 0.542. The van der Waals surface area contributed by atoms with Crippen molar-refractivity contribution in [1.82, 2.24) is 15.0 Å². The Bertz CT molecular complexity index is 1050. The van der Waals surface area contributed by atoms with E-state index in [1.807, 2.05) is 32.9 Å². The smallest absolute Gasteiger partial charge is 0.475 e. The van der Waals surface area contributed by atoms with E-state index in [1.54, 1.807) is 0 Å². The minimum absolute atomic E-state index is 0.114. The first-order chi connectivity index (χ1) is 15.8. The van der Waals surface area contributed by atoms with Crippen molar-refractivity contribution in [3.05, 3.63) is 51.9 Å². The number of aryl methyl sites for hydroxylation is 4. The number of likely N-dealkylation sites (tertiary alicyclic amines) is 2. The number of carbonyl (C=O) groups is 2. The molecular formula is C24H30F3N3O4. The van der Waals surface area contributed by atoms with Gasteiger partial charge in [0.05, 0.1) is 5.69 Å². The third-order valence-electron chi connectivity index (χ3n) is 6.75. The molecule has 186 valence electrons. The van der Waals surface area contributed by atoms with Crippen molar-refractivity contribution in [2.24, 2.45) is 0 Å². The highest BCUT2D eigenvalue weighted by molar-refractivity contribution is 5.95. The Balaban J connectivity index is 0.000000406. The van der Waals surface area contributed by atoms with Crippen LogP contribution >= 0.6 is 0 Å². The molecule has 2 aromatic rings. The number of hydrogen-bond acceptors (Lipinski definition) is 5. The second-order valence-electron chi connectivity index (χ2n) is 9.15. The van der Waals surface area contributed by atoms with Crippen LogP contribution in [0.25, 0.3) is 0 Å². The van der Waals surface area contributed by atoms with Crippen molar-refractivity contribution >= 4 is 11.9 Å². The number of amides is 1. The van der Waals surface area contributed by atoms with Crippen molar-refractivity contribution in [3.8, 4) is 0 Å². The summed E-state index contributed by atoms with van der Waals surface area (Å²) in [6.45, 7) is 11.7. The molecule has 1 spiro atoms. The van der Waals surface area contributed by atoms with Crippen molar-refractivity contribution in [1.29, 1.82) is 0 Å². The summed E-state index contributed by atoms with van der Waals surface area (Å²) in [7, 11) is 0. The van der Waals surface area contributed by atoms with Crippen LogP contribution in [0, 0.1) is 27.7 Å². The highest BCUT2D eigenvalue weighted by atomic mass is 19.4. The number of alkyl halides is 3. The molecule has 10 heteroatoms. The molecule has 0 bridgehead atoms. The lowest BCUT2D eigenvalue weighted by Gasteiger charge is -2.57. The van der Waals surface area contributed by atoms with Gasteiger partial charge in [-0.25, -0.2) is 4.79 Å². The molecule has 2 fully saturated rings. The summed E-state index contributed by atoms with van der Waals surface area (Å²) < 4.78 is 37.1. The summed E-state index contributed by atoms with van der Waals surface area (Å²) >= 11 is 0. The maximum Gasteiger partial charge on any atom is 0.490 e. The van der Waals surface area contributed by atoms with Gasteiger partial charge in [-0.15, -0.1) is 0 Å². The van der Waals surface area contributed by atoms with Crippen LogP contribution in [0.3, 0.4) is 0 Å². The van der Waals surface area contributed by atoms with Gasteiger partial charge in [-0.2, -0.15) is 13.2 Å². The predicted octanol–water partition coefficient (Wildman–Crippen LogP) is 4.42. The Morgan fingerprint density at radius 3 is 2.32 bits per heavy atom. The van der Waals surface area contributed by atoms with Crippen molar-refractivity contribution in [2.45, 2.75) is 65.2 Å². The zero-order chi connectivity index (χ0) is 25.3. The molecule has 0 radical (unpaired) electrons. The zero-order valence-electron chi connectivity index (χ0n) is 19.8. The summed E-state index contributed by atoms with van der Waals surface area (Å²) in [5.74, 6) is -1.67. The fourth-order valence-corrected chi connectivity index (χ4v) is 4.72. The molecule has 4 rings (SSSR count). The van der Waals surface area contributed by atoms with Crippen LogP contribution in [0.15, 0.2) is 22.7 Å². The fourth-order valence-electron chi connectivity index (χ4n) is 4.72. The van der Waals surface area contributed by atoms with Gasteiger partial charge in [0, 0.05) is 42.8 Å². The first kappa shape index (κ1) is 25.7. The second kappa shape index (κ2) is 9.77. The average Bonchev–Trinajstić information content (AvgIpc) is 3.08. The number of halogens is 3. The highest BCUT2D eigenvalue weighted by Crippen LogP contribution is 2.40. The first-order valence-corrected chi connectivity index (χ1v) is 11.2. The van der Waals surface area contributed by atoms with Crippen LogP contribution in [-0.2, 0) is 11.3 Å². The third-order valence-corrected chi connectivity index (χ3v) is 6.75. The van der Waals surface area contributed by atoms with Crippen LogP contribution < -0.4 is 0 Å². The van der Waals surface area contributed by atoms with Crippen LogP contribution in [-0.4, -0.2) is 63.3 Å². The van der Waals surface area contributed by atoms with Gasteiger partial charge < -0.3 is 14.5 Å². The largest absolute Gasteiger partial charge is 0.490 e. The number of carboxylic acid groups (broad SMARTS) is 1. The molecule has 7 nitrogen and oxygen atoms in total. The molecule has 1 amide bonds. The SMILES string of the molecule is Cc1ccc(C(=O)N2CCCC3(CCN3Cc3c(C)noc3C)C2)c(C)c1.O=C(O)C(F)(F)F. The van der Waals surface area contributed by atoms with Crippen molar-refractivity contribution in [2.75, 3.05) is 19.6 Å². The molecule has 0 aliphatic carbocycles. The Morgan fingerprint density at radius 1 is 1.15 bits per heavy atom. The normalized spacial score (nSPS) is 20.5. The van der Waals surface area contributed by atoms with E-state index in [0.717, 1.165) is 68.0 Å². The lowest BCUT2D eigenvalue weighted by molar-refractivity contribution is -0.192. The van der Waals surface area contributed by atoms with Crippen molar-refractivity contribution < 1.29 is 32.4 Å². The molecule has 1 aromatic heterocycles. The minimum atomic E-state index is -5.08. The molecule has 1 atom stereocenters. The lowest BCUT2D eigenvalue weighted by Crippen LogP contribution is -2.67. The van der Waals surface area contributed by atoms with E-state index in [1.165, 1.54) is 11.1 Å². The molecule has 2 saturated heterocycles. The summed E-state index contributed by atoms with van der Waals surface area (Å²) in [5.41, 5.74) is 5.40. The van der Waals surface area contributed by atoms with E-state index >= 15 is 0 Å². The third kappa shape index (κ3) is 5.43. The molecule has 2 aliphatic rings. The summed E-state index contributed by atoms with van der Waals surface area (Å²) in [5, 5.41) is 11.2. The van der Waals surface area contributed by atoms with Gasteiger partial charge in [-0.05, 0) is 58.6 Å². The van der Waals surface area contributed by atoms with Crippen LogP contribution in [0.5, 0.6) is 0 Å². The quantitative estimate of drug-likeness (QED) is 0.698. The number of aliphatic carboxylic acids is 1. The van der Waals surface area contributed by atoms with Crippen LogP contribution in [0.1, 0.15) is 57.8 Å². The van der Waals surface area contributed by atoms with Gasteiger partial charge in [0.1, 0.15) is 5.76 Å². The highest BCUT2D eigenvalue weighted by Gasteiger charge is 2.48. The van der Waals surface area contributed by atoms with E-state index < -0.39 is 12.1 Å². The van der Waals surface area contributed by atoms with Gasteiger partial charge in [-0.3, -0.25) is 9.69 Å². The monoisotopic (exact) mass is 481 g/mol. The molecule has 1 aromatic carbocycles. The van der Waals surface area contributed by atoms with E-state index in [9.17, 15) is 18.0 Å². The Hall–Kier alpha value is -2.88. The molecule has 3 heterocycles. The number of nitrogens with zero attached hydrogens (tertiary/aromatic N) is 3. The van der Waals surface area contributed by atoms with Gasteiger partial charge >= 0.3 is 12.1 Å². The van der Waals surface area contributed by atoms with E-state index in [0.29, 0.717) is 0 Å². The predicted molar refractivity (Wildman–Crippen MR) is 118 cm³/mol. The van der Waals surface area contributed by atoms with Crippen molar-refractivity contribution in [3.63, 3.8) is 0 Å². The molecule has 2 aliphatic heterocycles. The maximum atomic E-state index is 13.2. The Kier molecular flexibility index (Phi) is 7.40.